The summed E-state index contributed by atoms with van der Waals surface area (Å²) < 4.78 is 6.39. The Morgan fingerprint density at radius 3 is 1.94 bits per heavy atom. The van der Waals surface area contributed by atoms with E-state index in [-0.39, 0.29) is 0 Å². The molecule has 0 heterocycles. The van der Waals surface area contributed by atoms with Gasteiger partial charge in [0.15, 0.2) is 8.24 Å². The lowest BCUT2D eigenvalue weighted by Gasteiger charge is -2.46. The fourth-order valence-corrected chi connectivity index (χ4v) is 20.1. The first-order valence-corrected chi connectivity index (χ1v) is 25.1. The molecule has 2 saturated carbocycles. The van der Waals surface area contributed by atoms with Crippen LogP contribution in [0.2, 0.25) is 19.6 Å². The minimum Gasteiger partial charge on any atom is -0.333 e. The second-order valence-electron chi connectivity index (χ2n) is 16.5. The van der Waals surface area contributed by atoms with Gasteiger partial charge in [-0.15, -0.1) is 0 Å². The smallest absolute Gasteiger partial charge is 0.170 e. The Kier molecular flexibility index (Phi) is 11.4. The minimum absolute atomic E-state index is 0.305. The molecule has 3 aliphatic carbocycles. The molecular formula is C44H64NPSi. The Labute approximate surface area is 289 Å². The van der Waals surface area contributed by atoms with Crippen molar-refractivity contribution in [2.45, 2.75) is 166 Å². The molecule has 0 aromatic heterocycles. The lowest BCUT2D eigenvalue weighted by atomic mass is 9.86. The summed E-state index contributed by atoms with van der Waals surface area (Å²) in [6, 6.07) is 25.1. The molecule has 0 amide bonds. The number of nitrogens with zero attached hydrogens (tertiary/aromatic N) is 1. The van der Waals surface area contributed by atoms with Crippen molar-refractivity contribution in [2.24, 2.45) is 4.41 Å². The number of fused-ring (bicyclic) bond motifs is 3. The van der Waals surface area contributed by atoms with Crippen LogP contribution in [0, 0.1) is 0 Å². The van der Waals surface area contributed by atoms with Gasteiger partial charge in [0.2, 0.25) is 0 Å². The van der Waals surface area contributed by atoms with E-state index < -0.39 is 15.3 Å². The standard InChI is InChI=1S/C44H64NPSi/c1-7-9-12-20-34-27-29-38-39-30-28-35(33(3)19-8-2)32-42(39)44(41(38)31-34)40-25-17-18-26-43(40)46(45-47(4,5)6,36-21-13-10-14-22-36)37-23-15-11-16-24-37/h17-18,25-33,36-37,44H,7-16,19-24H2,1-6H3. The average molecular weight is 666 g/mol. The largest absolute Gasteiger partial charge is 0.333 e. The highest BCUT2D eigenvalue weighted by atomic mass is 31.2. The van der Waals surface area contributed by atoms with Gasteiger partial charge in [0.05, 0.1) is 0 Å². The van der Waals surface area contributed by atoms with E-state index in [1.165, 1.54) is 125 Å². The van der Waals surface area contributed by atoms with Crippen molar-refractivity contribution in [3.8, 4) is 11.1 Å². The quantitative estimate of drug-likeness (QED) is 0.0811. The molecule has 2 fully saturated rings. The number of benzene rings is 3. The maximum absolute atomic E-state index is 6.39. The van der Waals surface area contributed by atoms with Crippen molar-refractivity contribution in [1.29, 1.82) is 0 Å². The van der Waals surface area contributed by atoms with E-state index in [9.17, 15) is 0 Å². The highest BCUT2D eigenvalue weighted by Crippen LogP contribution is 2.66. The molecular weight excluding hydrogens is 602 g/mol. The molecule has 3 aromatic carbocycles. The molecule has 254 valence electrons. The van der Waals surface area contributed by atoms with Crippen LogP contribution in [0.3, 0.4) is 0 Å². The van der Waals surface area contributed by atoms with Crippen LogP contribution in [-0.2, 0) is 6.42 Å². The third-order valence-corrected chi connectivity index (χ3v) is 20.0. The summed E-state index contributed by atoms with van der Waals surface area (Å²) in [6.07, 6.45) is 21.6. The van der Waals surface area contributed by atoms with E-state index in [2.05, 4.69) is 101 Å². The summed E-state index contributed by atoms with van der Waals surface area (Å²) in [6.45, 7) is 14.7. The van der Waals surface area contributed by atoms with Crippen LogP contribution < -0.4 is 5.30 Å². The van der Waals surface area contributed by atoms with Crippen LogP contribution in [0.4, 0.5) is 0 Å². The number of hydrogen-bond donors (Lipinski definition) is 0. The first-order chi connectivity index (χ1) is 22.8. The van der Waals surface area contributed by atoms with E-state index in [1.54, 1.807) is 22.0 Å². The molecule has 0 aliphatic heterocycles. The Hall–Kier alpha value is -1.89. The molecule has 1 nitrogen and oxygen atoms in total. The molecule has 0 radical (unpaired) electrons. The molecule has 0 spiro atoms. The Morgan fingerprint density at radius 1 is 0.702 bits per heavy atom. The highest BCUT2D eigenvalue weighted by molar-refractivity contribution is 7.76. The van der Waals surface area contributed by atoms with Crippen LogP contribution in [0.15, 0.2) is 65.1 Å². The second kappa shape index (κ2) is 15.3. The van der Waals surface area contributed by atoms with E-state index in [0.717, 1.165) is 11.3 Å². The van der Waals surface area contributed by atoms with E-state index >= 15 is 0 Å². The first kappa shape index (κ1) is 35.0. The predicted molar refractivity (Wildman–Crippen MR) is 212 cm³/mol. The second-order valence-corrected chi connectivity index (χ2v) is 25.1. The molecule has 6 rings (SSSR count). The summed E-state index contributed by atoms with van der Waals surface area (Å²) in [5.74, 6) is 0.895. The van der Waals surface area contributed by atoms with Crippen molar-refractivity contribution < 1.29 is 0 Å². The van der Waals surface area contributed by atoms with Gasteiger partial charge in [-0.1, -0.05) is 159 Å². The maximum Gasteiger partial charge on any atom is 0.170 e. The van der Waals surface area contributed by atoms with Gasteiger partial charge < -0.3 is 4.41 Å². The van der Waals surface area contributed by atoms with Gasteiger partial charge in [-0.25, -0.2) is 0 Å². The third-order valence-electron chi connectivity index (χ3n) is 11.8. The van der Waals surface area contributed by atoms with Crippen molar-refractivity contribution in [2.75, 3.05) is 0 Å². The van der Waals surface area contributed by atoms with Crippen LogP contribution in [-0.4, -0.2) is 19.6 Å². The van der Waals surface area contributed by atoms with E-state index in [4.69, 9.17) is 4.41 Å². The van der Waals surface area contributed by atoms with Crippen LogP contribution in [0.25, 0.3) is 11.1 Å². The lowest BCUT2D eigenvalue weighted by Crippen LogP contribution is -2.34. The average Bonchev–Trinajstić information content (AvgIpc) is 3.40. The van der Waals surface area contributed by atoms with E-state index in [0.29, 0.717) is 11.8 Å². The zero-order valence-electron chi connectivity index (χ0n) is 30.8. The normalized spacial score (nSPS) is 19.7. The Morgan fingerprint density at radius 2 is 1.32 bits per heavy atom. The van der Waals surface area contributed by atoms with Crippen molar-refractivity contribution in [3.63, 3.8) is 0 Å². The van der Waals surface area contributed by atoms with Crippen molar-refractivity contribution >= 4 is 20.6 Å². The maximum atomic E-state index is 6.39. The minimum atomic E-state index is -1.82. The van der Waals surface area contributed by atoms with Crippen molar-refractivity contribution in [1.82, 2.24) is 0 Å². The van der Waals surface area contributed by atoms with Crippen LogP contribution in [0.1, 0.15) is 157 Å². The summed E-state index contributed by atoms with van der Waals surface area (Å²) in [7, 11) is -3.56. The SMILES string of the molecule is CCCCCc1ccc2c(c1)C(c1ccccc1P(=N[Si](C)(C)C)(C1CCCCC1)C1CCCCC1)c1cc(C(C)CCC)ccc1-2. The third kappa shape index (κ3) is 7.36. The summed E-state index contributed by atoms with van der Waals surface area (Å²) in [5, 5.41) is 1.72. The monoisotopic (exact) mass is 665 g/mol. The van der Waals surface area contributed by atoms with Gasteiger partial charge in [-0.2, -0.15) is 0 Å². The van der Waals surface area contributed by atoms with Gasteiger partial charge >= 0.3 is 0 Å². The van der Waals surface area contributed by atoms with Crippen LogP contribution >= 0.6 is 7.05 Å². The number of rotatable bonds is 12. The van der Waals surface area contributed by atoms with Crippen LogP contribution in [0.5, 0.6) is 0 Å². The molecule has 3 heteroatoms. The summed E-state index contributed by atoms with van der Waals surface area (Å²) in [5.41, 5.74) is 12.3. The summed E-state index contributed by atoms with van der Waals surface area (Å²) in [4.78, 5) is 0. The van der Waals surface area contributed by atoms with Gasteiger partial charge in [0.1, 0.15) is 0 Å². The molecule has 47 heavy (non-hydrogen) atoms. The molecule has 3 aromatic rings. The predicted octanol–water partition coefficient (Wildman–Crippen LogP) is 13.8. The molecule has 2 atom stereocenters. The van der Waals surface area contributed by atoms with Crippen molar-refractivity contribution in [3.05, 3.63) is 88.5 Å². The molecule has 0 bridgehead atoms. The van der Waals surface area contributed by atoms with E-state index in [1.807, 2.05) is 0 Å². The highest BCUT2D eigenvalue weighted by Gasteiger charge is 2.44. The number of hydrogen-bond acceptors (Lipinski definition) is 1. The fraction of sp³-hybridized carbons (Fsp3) is 0.591. The first-order valence-electron chi connectivity index (χ1n) is 19.8. The summed E-state index contributed by atoms with van der Waals surface area (Å²) >= 11 is 0. The number of aryl methyl sites for hydroxylation is 1. The van der Waals surface area contributed by atoms with Gasteiger partial charge in [0, 0.05) is 5.92 Å². The Bertz CT molecular complexity index is 1530. The molecule has 3 aliphatic rings. The zero-order chi connectivity index (χ0) is 33.0. The molecule has 0 saturated heterocycles. The molecule has 0 N–H and O–H groups in total. The zero-order valence-corrected chi connectivity index (χ0v) is 32.7. The van der Waals surface area contributed by atoms with Gasteiger partial charge in [-0.05, 0) is 113 Å². The van der Waals surface area contributed by atoms with Gasteiger partial charge in [-0.3, -0.25) is 0 Å². The molecule has 2 unspecified atom stereocenters. The number of unbranched alkanes of at least 4 members (excludes halogenated alkanes) is 2. The Balaban J connectivity index is 1.61. The van der Waals surface area contributed by atoms with Gasteiger partial charge in [0.25, 0.3) is 0 Å². The lowest BCUT2D eigenvalue weighted by molar-refractivity contribution is 0.484. The topological polar surface area (TPSA) is 12.4 Å². The fourth-order valence-electron chi connectivity index (χ4n) is 9.72.